The maximum Gasteiger partial charge on any atom is 0.240 e. The molecule has 2 unspecified atom stereocenters. The maximum atomic E-state index is 12.3. The molecule has 24 heavy (non-hydrogen) atoms. The van der Waals surface area contributed by atoms with Crippen LogP contribution >= 0.6 is 0 Å². The first-order valence-electron chi connectivity index (χ1n) is 8.60. The first-order chi connectivity index (χ1) is 11.4. The van der Waals surface area contributed by atoms with E-state index < -0.39 is 10.0 Å². The number of rotatable bonds is 6. The molecule has 3 rings (SSSR count). The van der Waals surface area contributed by atoms with Crippen molar-refractivity contribution in [2.75, 3.05) is 11.9 Å². The second-order valence-electron chi connectivity index (χ2n) is 6.93. The number of hydrogen-bond donors (Lipinski definition) is 3. The molecular weight excluding hydrogens is 326 g/mol. The molecule has 4 N–H and O–H groups in total. The Hall–Kier alpha value is -1.44. The van der Waals surface area contributed by atoms with Gasteiger partial charge in [-0.25, -0.2) is 13.1 Å². The van der Waals surface area contributed by atoms with Gasteiger partial charge in [0.2, 0.25) is 15.9 Å². The van der Waals surface area contributed by atoms with E-state index in [9.17, 15) is 13.2 Å². The number of anilines is 1. The largest absolute Gasteiger partial charge is 0.328 e. The second kappa shape index (κ2) is 7.21. The van der Waals surface area contributed by atoms with Crippen LogP contribution in [0.1, 0.15) is 38.5 Å². The van der Waals surface area contributed by atoms with Crippen LogP contribution in [0.25, 0.3) is 0 Å². The Kier molecular flexibility index (Phi) is 5.22. The summed E-state index contributed by atoms with van der Waals surface area (Å²) in [6.45, 7) is 0.503. The van der Waals surface area contributed by atoms with Gasteiger partial charge in [0, 0.05) is 24.2 Å². The number of benzene rings is 1. The van der Waals surface area contributed by atoms with Gasteiger partial charge in [-0.3, -0.25) is 4.79 Å². The van der Waals surface area contributed by atoms with Crippen LogP contribution in [0.3, 0.4) is 0 Å². The van der Waals surface area contributed by atoms with E-state index in [4.69, 9.17) is 5.73 Å². The molecule has 2 aliphatic carbocycles. The number of carbonyl (C=O) groups is 1. The highest BCUT2D eigenvalue weighted by Gasteiger charge is 2.26. The lowest BCUT2D eigenvalue weighted by molar-refractivity contribution is -0.120. The quantitative estimate of drug-likeness (QED) is 0.728. The van der Waals surface area contributed by atoms with Crippen LogP contribution in [0, 0.1) is 11.8 Å². The van der Waals surface area contributed by atoms with E-state index >= 15 is 0 Å². The Bertz CT molecular complexity index is 684. The molecule has 6 nitrogen and oxygen atoms in total. The van der Waals surface area contributed by atoms with Crippen molar-refractivity contribution >= 4 is 21.6 Å². The monoisotopic (exact) mass is 351 g/mol. The van der Waals surface area contributed by atoms with Crippen LogP contribution in [0.5, 0.6) is 0 Å². The minimum atomic E-state index is -3.47. The average molecular weight is 351 g/mol. The molecule has 0 radical (unpaired) electrons. The zero-order chi connectivity index (χ0) is 17.2. The van der Waals surface area contributed by atoms with Crippen molar-refractivity contribution in [2.24, 2.45) is 17.6 Å². The third-order valence-electron chi connectivity index (χ3n) is 4.78. The zero-order valence-corrected chi connectivity index (χ0v) is 14.5. The summed E-state index contributed by atoms with van der Waals surface area (Å²) in [6, 6.07) is 6.41. The maximum absolute atomic E-state index is 12.3. The topological polar surface area (TPSA) is 101 Å². The van der Waals surface area contributed by atoms with Gasteiger partial charge in [-0.1, -0.05) is 6.42 Å². The first kappa shape index (κ1) is 17.4. The van der Waals surface area contributed by atoms with Gasteiger partial charge >= 0.3 is 0 Å². The predicted octanol–water partition coefficient (Wildman–Crippen LogP) is 1.83. The number of amides is 1. The molecular formula is C17H25N3O3S. The van der Waals surface area contributed by atoms with Crippen molar-refractivity contribution in [1.82, 2.24) is 4.72 Å². The Morgan fingerprint density at radius 2 is 1.83 bits per heavy atom. The smallest absolute Gasteiger partial charge is 0.240 e. The summed E-state index contributed by atoms with van der Waals surface area (Å²) in [7, 11) is -3.47. The van der Waals surface area contributed by atoms with Gasteiger partial charge in [0.05, 0.1) is 4.90 Å². The van der Waals surface area contributed by atoms with E-state index in [2.05, 4.69) is 10.0 Å². The second-order valence-corrected chi connectivity index (χ2v) is 8.70. The molecule has 0 heterocycles. The highest BCUT2D eigenvalue weighted by molar-refractivity contribution is 7.89. The molecule has 1 amide bonds. The van der Waals surface area contributed by atoms with Crippen molar-refractivity contribution in [3.8, 4) is 0 Å². The average Bonchev–Trinajstić information content (AvgIpc) is 3.38. The predicted molar refractivity (Wildman–Crippen MR) is 92.9 cm³/mol. The molecule has 7 heteroatoms. The molecule has 2 atom stereocenters. The molecule has 0 aliphatic heterocycles. The summed E-state index contributed by atoms with van der Waals surface area (Å²) in [6.07, 6.45) is 5.71. The minimum absolute atomic E-state index is 0.0346. The number of nitrogens with one attached hydrogen (secondary N) is 2. The van der Waals surface area contributed by atoms with Crippen LogP contribution in [-0.4, -0.2) is 26.9 Å². The molecule has 2 aliphatic rings. The summed E-state index contributed by atoms with van der Waals surface area (Å²) in [5, 5.41) is 2.86. The molecule has 132 valence electrons. The molecule has 1 aromatic rings. The van der Waals surface area contributed by atoms with E-state index in [-0.39, 0.29) is 22.8 Å². The first-order valence-corrected chi connectivity index (χ1v) is 10.1. The van der Waals surface area contributed by atoms with Gasteiger partial charge in [0.1, 0.15) is 0 Å². The third kappa shape index (κ3) is 4.55. The van der Waals surface area contributed by atoms with Gasteiger partial charge in [-0.2, -0.15) is 0 Å². The molecule has 2 saturated carbocycles. The fourth-order valence-corrected chi connectivity index (χ4v) is 4.18. The Balaban J connectivity index is 1.58. The van der Waals surface area contributed by atoms with E-state index in [1.165, 1.54) is 12.1 Å². The van der Waals surface area contributed by atoms with Crippen molar-refractivity contribution in [3.63, 3.8) is 0 Å². The lowest BCUT2D eigenvalue weighted by Crippen LogP contribution is -2.34. The van der Waals surface area contributed by atoms with Gasteiger partial charge in [0.15, 0.2) is 0 Å². The lowest BCUT2D eigenvalue weighted by Gasteiger charge is -2.25. The van der Waals surface area contributed by atoms with Crippen LogP contribution in [0.2, 0.25) is 0 Å². The summed E-state index contributed by atoms with van der Waals surface area (Å²) in [4.78, 5) is 12.5. The molecule has 0 aromatic heterocycles. The van der Waals surface area contributed by atoms with Crippen LogP contribution < -0.4 is 15.8 Å². The van der Waals surface area contributed by atoms with Crippen molar-refractivity contribution in [2.45, 2.75) is 49.5 Å². The van der Waals surface area contributed by atoms with Crippen LogP contribution in [0.4, 0.5) is 5.69 Å². The van der Waals surface area contributed by atoms with E-state index in [0.717, 1.165) is 32.1 Å². The molecule has 0 saturated heterocycles. The SMILES string of the molecule is NC1CCCC(C(=O)Nc2ccc(S(=O)(=O)NCC3CC3)cc2)C1. The number of carbonyl (C=O) groups excluding carboxylic acids is 1. The van der Waals surface area contributed by atoms with Gasteiger partial charge in [-0.05, 0) is 62.3 Å². The lowest BCUT2D eigenvalue weighted by atomic mass is 9.85. The Morgan fingerprint density at radius 3 is 2.46 bits per heavy atom. The third-order valence-corrected chi connectivity index (χ3v) is 6.22. The molecule has 0 spiro atoms. The van der Waals surface area contributed by atoms with Gasteiger partial charge in [0.25, 0.3) is 0 Å². The van der Waals surface area contributed by atoms with Crippen molar-refractivity contribution in [1.29, 1.82) is 0 Å². The normalized spacial score (nSPS) is 24.5. The highest BCUT2D eigenvalue weighted by Crippen LogP contribution is 2.28. The summed E-state index contributed by atoms with van der Waals surface area (Å²) in [5.74, 6) is 0.394. The minimum Gasteiger partial charge on any atom is -0.328 e. The highest BCUT2D eigenvalue weighted by atomic mass is 32.2. The van der Waals surface area contributed by atoms with Crippen LogP contribution in [-0.2, 0) is 14.8 Å². The van der Waals surface area contributed by atoms with Gasteiger partial charge in [-0.15, -0.1) is 0 Å². The standard InChI is InChI=1S/C17H25N3O3S/c18-14-3-1-2-13(10-14)17(21)20-15-6-8-16(9-7-15)24(22,23)19-11-12-4-5-12/h6-9,12-14,19H,1-5,10-11,18H2,(H,20,21). The van der Waals surface area contributed by atoms with E-state index in [0.29, 0.717) is 24.6 Å². The molecule has 1 aromatic carbocycles. The fourth-order valence-electron chi connectivity index (χ4n) is 3.06. The fraction of sp³-hybridized carbons (Fsp3) is 0.588. The van der Waals surface area contributed by atoms with E-state index in [1.54, 1.807) is 12.1 Å². The molecule has 0 bridgehead atoms. The number of nitrogens with two attached hydrogens (primary N) is 1. The number of sulfonamides is 1. The van der Waals surface area contributed by atoms with Crippen LogP contribution in [0.15, 0.2) is 29.2 Å². The molecule has 2 fully saturated rings. The zero-order valence-electron chi connectivity index (χ0n) is 13.7. The van der Waals surface area contributed by atoms with Gasteiger partial charge < -0.3 is 11.1 Å². The Labute approximate surface area is 143 Å². The van der Waals surface area contributed by atoms with Crippen molar-refractivity contribution in [3.05, 3.63) is 24.3 Å². The van der Waals surface area contributed by atoms with Crippen molar-refractivity contribution < 1.29 is 13.2 Å². The number of hydrogen-bond acceptors (Lipinski definition) is 4. The Morgan fingerprint density at radius 1 is 1.12 bits per heavy atom. The summed E-state index contributed by atoms with van der Waals surface area (Å²) in [5.41, 5.74) is 6.54. The summed E-state index contributed by atoms with van der Waals surface area (Å²) >= 11 is 0. The summed E-state index contributed by atoms with van der Waals surface area (Å²) < 4.78 is 27.0. The van der Waals surface area contributed by atoms with E-state index in [1.807, 2.05) is 0 Å².